The molecule has 0 saturated carbocycles. The second-order valence-electron chi connectivity index (χ2n) is 6.32. The number of aromatic nitrogens is 1. The zero-order chi connectivity index (χ0) is 14.9. The Morgan fingerprint density at radius 3 is 2.71 bits per heavy atom. The molecule has 0 N–H and O–H groups in total. The molecular weight excluding hydrogens is 266 g/mol. The number of ether oxygens (including phenoxy) is 1. The molecule has 0 aliphatic carbocycles. The molecule has 1 amide bonds. The van der Waals surface area contributed by atoms with Gasteiger partial charge in [-0.05, 0) is 45.5 Å². The Morgan fingerprint density at radius 2 is 2.14 bits per heavy atom. The minimum Gasteiger partial charge on any atom is -0.373 e. The predicted molar refractivity (Wildman–Crippen MR) is 80.1 cm³/mol. The van der Waals surface area contributed by atoms with Crippen molar-refractivity contribution in [3.63, 3.8) is 0 Å². The summed E-state index contributed by atoms with van der Waals surface area (Å²) in [4.78, 5) is 20.7. The number of rotatable bonds is 2. The van der Waals surface area contributed by atoms with Crippen LogP contribution in [-0.2, 0) is 4.74 Å². The van der Waals surface area contributed by atoms with Crippen molar-refractivity contribution in [1.82, 2.24) is 14.8 Å². The van der Waals surface area contributed by atoms with E-state index >= 15 is 0 Å². The van der Waals surface area contributed by atoms with E-state index in [1.165, 1.54) is 0 Å². The molecular formula is C16H23N3O2. The summed E-state index contributed by atoms with van der Waals surface area (Å²) < 4.78 is 6.09. The minimum atomic E-state index is -0.0180. The number of carbonyl (C=O) groups is 1. The molecule has 0 bridgehead atoms. The zero-order valence-corrected chi connectivity index (χ0v) is 12.8. The molecule has 2 fully saturated rings. The number of hydrogen-bond donors (Lipinski definition) is 0. The topological polar surface area (TPSA) is 45.7 Å². The quantitative estimate of drug-likeness (QED) is 0.826. The van der Waals surface area contributed by atoms with E-state index in [9.17, 15) is 4.79 Å². The van der Waals surface area contributed by atoms with Gasteiger partial charge in [0.15, 0.2) is 0 Å². The summed E-state index contributed by atoms with van der Waals surface area (Å²) >= 11 is 0. The van der Waals surface area contributed by atoms with E-state index in [2.05, 4.69) is 24.0 Å². The van der Waals surface area contributed by atoms with Crippen molar-refractivity contribution in [3.8, 4) is 0 Å². The average molecular weight is 289 g/mol. The van der Waals surface area contributed by atoms with Gasteiger partial charge in [-0.2, -0.15) is 0 Å². The second kappa shape index (κ2) is 5.73. The Labute approximate surface area is 125 Å². The third-order valence-electron chi connectivity index (χ3n) is 4.77. The Hall–Kier alpha value is -1.46. The van der Waals surface area contributed by atoms with Crippen LogP contribution >= 0.6 is 0 Å². The SMILES string of the molecule is CN(C)[C@@H]1COC2(CCN(C(=O)c3ccccn3)CC2)C1. The molecule has 3 rings (SSSR count). The smallest absolute Gasteiger partial charge is 0.272 e. The van der Waals surface area contributed by atoms with Crippen LogP contribution in [0.3, 0.4) is 0 Å². The molecule has 3 heterocycles. The van der Waals surface area contributed by atoms with Gasteiger partial charge < -0.3 is 14.5 Å². The lowest BCUT2D eigenvalue weighted by atomic mass is 9.87. The van der Waals surface area contributed by atoms with E-state index in [-0.39, 0.29) is 11.5 Å². The van der Waals surface area contributed by atoms with Gasteiger partial charge in [0.2, 0.25) is 0 Å². The highest BCUT2D eigenvalue weighted by Crippen LogP contribution is 2.37. The van der Waals surface area contributed by atoms with Crippen molar-refractivity contribution in [3.05, 3.63) is 30.1 Å². The summed E-state index contributed by atoms with van der Waals surface area (Å²) in [5, 5.41) is 0. The number of likely N-dealkylation sites (tertiary alicyclic amines) is 1. The lowest BCUT2D eigenvalue weighted by molar-refractivity contribution is -0.0393. The highest BCUT2D eigenvalue weighted by molar-refractivity contribution is 5.92. The van der Waals surface area contributed by atoms with Gasteiger partial charge in [0.05, 0.1) is 12.2 Å². The molecule has 1 spiro atoms. The predicted octanol–water partition coefficient (Wildman–Crippen LogP) is 1.41. The fraction of sp³-hybridized carbons (Fsp3) is 0.625. The minimum absolute atomic E-state index is 0.0180. The number of nitrogens with zero attached hydrogens (tertiary/aromatic N) is 3. The number of pyridine rings is 1. The summed E-state index contributed by atoms with van der Waals surface area (Å²) in [5.74, 6) is 0.0348. The van der Waals surface area contributed by atoms with E-state index in [1.54, 1.807) is 12.3 Å². The van der Waals surface area contributed by atoms with Crippen LogP contribution in [0.25, 0.3) is 0 Å². The van der Waals surface area contributed by atoms with Crippen LogP contribution in [0.5, 0.6) is 0 Å². The summed E-state index contributed by atoms with van der Waals surface area (Å²) in [6, 6.07) is 5.97. The third-order valence-corrected chi connectivity index (χ3v) is 4.77. The van der Waals surface area contributed by atoms with Gasteiger partial charge in [-0.15, -0.1) is 0 Å². The molecule has 21 heavy (non-hydrogen) atoms. The van der Waals surface area contributed by atoms with Crippen LogP contribution in [0, 0.1) is 0 Å². The first-order valence-electron chi connectivity index (χ1n) is 7.60. The molecule has 2 aliphatic heterocycles. The molecule has 1 aromatic rings. The monoisotopic (exact) mass is 289 g/mol. The maximum atomic E-state index is 12.4. The summed E-state index contributed by atoms with van der Waals surface area (Å²) in [6.07, 6.45) is 4.60. The van der Waals surface area contributed by atoms with Crippen LogP contribution in [0.15, 0.2) is 24.4 Å². The lowest BCUT2D eigenvalue weighted by Gasteiger charge is -2.38. The number of carbonyl (C=O) groups excluding carboxylic acids is 1. The number of hydrogen-bond acceptors (Lipinski definition) is 4. The van der Waals surface area contributed by atoms with Gasteiger partial charge in [0, 0.05) is 25.3 Å². The lowest BCUT2D eigenvalue weighted by Crippen LogP contribution is -2.47. The molecule has 0 radical (unpaired) electrons. The average Bonchev–Trinajstić information content (AvgIpc) is 2.92. The van der Waals surface area contributed by atoms with Gasteiger partial charge in [-0.25, -0.2) is 0 Å². The zero-order valence-electron chi connectivity index (χ0n) is 12.8. The van der Waals surface area contributed by atoms with Crippen LogP contribution in [0.4, 0.5) is 0 Å². The van der Waals surface area contributed by atoms with E-state index in [0.717, 1.165) is 39.0 Å². The maximum Gasteiger partial charge on any atom is 0.272 e. The Kier molecular flexibility index (Phi) is 3.95. The van der Waals surface area contributed by atoms with Crippen LogP contribution in [0.2, 0.25) is 0 Å². The van der Waals surface area contributed by atoms with Crippen molar-refractivity contribution in [2.45, 2.75) is 30.9 Å². The highest BCUT2D eigenvalue weighted by Gasteiger charge is 2.44. The molecule has 5 nitrogen and oxygen atoms in total. The van der Waals surface area contributed by atoms with Gasteiger partial charge in [0.25, 0.3) is 5.91 Å². The molecule has 2 saturated heterocycles. The molecule has 114 valence electrons. The van der Waals surface area contributed by atoms with E-state index in [4.69, 9.17) is 4.74 Å². The third kappa shape index (κ3) is 2.94. The first kappa shape index (κ1) is 14.5. The van der Waals surface area contributed by atoms with Crippen LogP contribution in [-0.4, -0.2) is 66.1 Å². The van der Waals surface area contributed by atoms with Gasteiger partial charge >= 0.3 is 0 Å². The Morgan fingerprint density at radius 1 is 1.38 bits per heavy atom. The molecule has 5 heteroatoms. The second-order valence-corrected chi connectivity index (χ2v) is 6.32. The van der Waals surface area contributed by atoms with E-state index < -0.39 is 0 Å². The van der Waals surface area contributed by atoms with Crippen molar-refractivity contribution < 1.29 is 9.53 Å². The summed E-state index contributed by atoms with van der Waals surface area (Å²) in [6.45, 7) is 2.33. The fourth-order valence-electron chi connectivity index (χ4n) is 3.27. The first-order valence-corrected chi connectivity index (χ1v) is 7.60. The van der Waals surface area contributed by atoms with E-state index in [1.807, 2.05) is 17.0 Å². The van der Waals surface area contributed by atoms with Gasteiger partial charge in [-0.3, -0.25) is 9.78 Å². The van der Waals surface area contributed by atoms with Crippen molar-refractivity contribution >= 4 is 5.91 Å². The molecule has 1 aromatic heterocycles. The molecule has 1 atom stereocenters. The van der Waals surface area contributed by atoms with Gasteiger partial charge in [0.1, 0.15) is 5.69 Å². The van der Waals surface area contributed by atoms with Crippen molar-refractivity contribution in [2.75, 3.05) is 33.8 Å². The standard InChI is InChI=1S/C16H23N3O2/c1-18(2)13-11-16(21-12-13)6-9-19(10-7-16)15(20)14-5-3-4-8-17-14/h3-5,8,13H,6-7,9-12H2,1-2H3/t13-/m0/s1. The molecule has 0 aromatic carbocycles. The summed E-state index contributed by atoms with van der Waals surface area (Å²) in [7, 11) is 4.21. The highest BCUT2D eigenvalue weighted by atomic mass is 16.5. The Balaban J connectivity index is 1.60. The summed E-state index contributed by atoms with van der Waals surface area (Å²) in [5.41, 5.74) is 0.516. The number of piperidine rings is 1. The normalized spacial score (nSPS) is 24.7. The van der Waals surface area contributed by atoms with E-state index in [0.29, 0.717) is 11.7 Å². The van der Waals surface area contributed by atoms with Crippen molar-refractivity contribution in [1.29, 1.82) is 0 Å². The largest absolute Gasteiger partial charge is 0.373 e. The number of likely N-dealkylation sites (N-methyl/N-ethyl adjacent to an activating group) is 1. The van der Waals surface area contributed by atoms with Crippen LogP contribution < -0.4 is 0 Å². The first-order chi connectivity index (χ1) is 10.1. The van der Waals surface area contributed by atoms with Crippen molar-refractivity contribution in [2.24, 2.45) is 0 Å². The fourth-order valence-corrected chi connectivity index (χ4v) is 3.27. The number of amides is 1. The van der Waals surface area contributed by atoms with Gasteiger partial charge in [-0.1, -0.05) is 6.07 Å². The molecule has 0 unspecified atom stereocenters. The van der Waals surface area contributed by atoms with Crippen LogP contribution in [0.1, 0.15) is 29.8 Å². The molecule has 2 aliphatic rings. The maximum absolute atomic E-state index is 12.4. The Bertz CT molecular complexity index is 496.